The number of rotatable bonds is 4. The molecule has 252 valence electrons. The van der Waals surface area contributed by atoms with E-state index in [2.05, 4.69) is 16.5 Å². The number of halogens is 8. The van der Waals surface area contributed by atoms with Crippen LogP contribution in [-0.2, 0) is 17.5 Å². The Hall–Kier alpha value is -4.11. The zero-order valence-electron chi connectivity index (χ0n) is 25.2. The highest BCUT2D eigenvalue weighted by atomic mass is 35.5. The van der Waals surface area contributed by atoms with Crippen molar-refractivity contribution in [1.82, 2.24) is 19.4 Å². The van der Waals surface area contributed by atoms with Gasteiger partial charge in [-0.05, 0) is 32.1 Å². The molecule has 3 atom stereocenters. The van der Waals surface area contributed by atoms with Crippen LogP contribution in [-0.4, -0.2) is 56.3 Å². The van der Waals surface area contributed by atoms with E-state index >= 15 is 17.6 Å². The summed E-state index contributed by atoms with van der Waals surface area (Å²) in [6.45, 7) is 6.75. The van der Waals surface area contributed by atoms with Crippen LogP contribution in [0.5, 0.6) is 0 Å². The topological polar surface area (TPSA) is 71.3 Å². The Morgan fingerprint density at radius 3 is 2.25 bits per heavy atom. The number of hydrogen-bond acceptors (Lipinski definition) is 6. The predicted molar refractivity (Wildman–Crippen MR) is 167 cm³/mol. The van der Waals surface area contributed by atoms with E-state index < -0.39 is 87.0 Å². The number of piperazine rings is 1. The molecule has 2 aromatic carbocycles. The smallest absolute Gasteiger partial charge is 0.352 e. The second kappa shape index (κ2) is 12.4. The number of pyridine rings is 1. The van der Waals surface area contributed by atoms with Gasteiger partial charge in [-0.3, -0.25) is 14.3 Å². The molecule has 0 radical (unpaired) electrons. The van der Waals surface area contributed by atoms with Crippen molar-refractivity contribution >= 4 is 46.0 Å². The van der Waals surface area contributed by atoms with Gasteiger partial charge in [0.15, 0.2) is 0 Å². The molecule has 2 aromatic heterocycles. The van der Waals surface area contributed by atoms with E-state index in [-0.39, 0.29) is 46.4 Å². The second-order valence-corrected chi connectivity index (χ2v) is 13.1. The number of carbonyl (C=O) groups excluding carboxylic acids is 1. The first-order valence-corrected chi connectivity index (χ1v) is 15.9. The van der Waals surface area contributed by atoms with Gasteiger partial charge in [0.2, 0.25) is 5.91 Å². The highest BCUT2D eigenvalue weighted by molar-refractivity contribution is 7.99. The molecule has 7 nitrogen and oxygen atoms in total. The van der Waals surface area contributed by atoms with E-state index in [9.17, 15) is 22.8 Å². The molecular weight excluding hydrogens is 687 g/mol. The zero-order valence-corrected chi connectivity index (χ0v) is 26.8. The van der Waals surface area contributed by atoms with Crippen LogP contribution in [0, 0.1) is 23.3 Å². The first-order valence-electron chi connectivity index (χ1n) is 14.6. The van der Waals surface area contributed by atoms with E-state index in [0.717, 1.165) is 46.9 Å². The fourth-order valence-electron chi connectivity index (χ4n) is 6.63. The lowest BCUT2D eigenvalue weighted by molar-refractivity contribution is -0.137. The predicted octanol–water partition coefficient (Wildman–Crippen LogP) is 7.19. The Kier molecular flexibility index (Phi) is 8.73. The fraction of sp³-hybridized carbons (Fsp3) is 0.312. The number of nitrogens with zero attached hydrogens (tertiary/aromatic N) is 5. The van der Waals surface area contributed by atoms with Crippen molar-refractivity contribution in [2.45, 2.75) is 49.5 Å². The molecule has 0 spiro atoms. The first kappa shape index (κ1) is 33.8. The number of amides is 1. The largest absolute Gasteiger partial charge is 0.417 e. The summed E-state index contributed by atoms with van der Waals surface area (Å²) in [5.74, 6) is -6.41. The van der Waals surface area contributed by atoms with E-state index in [4.69, 9.17) is 11.6 Å². The van der Waals surface area contributed by atoms with Crippen LogP contribution >= 0.6 is 23.4 Å². The third kappa shape index (κ3) is 5.70. The number of aromatic nitrogens is 3. The summed E-state index contributed by atoms with van der Waals surface area (Å²) in [4.78, 5) is 37.0. The van der Waals surface area contributed by atoms with Gasteiger partial charge in [0, 0.05) is 76.4 Å². The van der Waals surface area contributed by atoms with Gasteiger partial charge in [0.25, 0.3) is 0 Å². The zero-order chi connectivity index (χ0) is 34.8. The van der Waals surface area contributed by atoms with Crippen molar-refractivity contribution in [1.29, 1.82) is 0 Å². The molecule has 0 N–H and O–H groups in total. The molecule has 0 aliphatic carbocycles. The van der Waals surface area contributed by atoms with Crippen LogP contribution in [0.2, 0.25) is 5.02 Å². The second-order valence-electron chi connectivity index (χ2n) is 11.7. The van der Waals surface area contributed by atoms with Crippen molar-refractivity contribution in [3.05, 3.63) is 93.2 Å². The summed E-state index contributed by atoms with van der Waals surface area (Å²) in [5, 5.41) is -0.784. The molecule has 1 amide bonds. The lowest BCUT2D eigenvalue weighted by Crippen LogP contribution is -2.58. The van der Waals surface area contributed by atoms with Gasteiger partial charge < -0.3 is 9.80 Å². The Morgan fingerprint density at radius 1 is 1.00 bits per heavy atom. The number of benzene rings is 2. The maximum atomic E-state index is 15.4. The van der Waals surface area contributed by atoms with Crippen molar-refractivity contribution in [2.75, 3.05) is 23.7 Å². The number of hydrogen-bond donors (Lipinski definition) is 0. The monoisotopic (exact) mass is 711 g/mol. The van der Waals surface area contributed by atoms with Crippen molar-refractivity contribution in [3.63, 3.8) is 0 Å². The summed E-state index contributed by atoms with van der Waals surface area (Å²) in [6.07, 6.45) is -2.40. The summed E-state index contributed by atoms with van der Waals surface area (Å²) in [5.41, 5.74) is -4.19. The average molecular weight is 712 g/mol. The van der Waals surface area contributed by atoms with Crippen LogP contribution in [0.15, 0.2) is 52.9 Å². The average Bonchev–Trinajstić information content (AvgIpc) is 3.20. The van der Waals surface area contributed by atoms with Gasteiger partial charge in [-0.1, -0.05) is 18.2 Å². The maximum absolute atomic E-state index is 15.4. The maximum Gasteiger partial charge on any atom is 0.417 e. The molecule has 1 saturated heterocycles. The lowest BCUT2D eigenvalue weighted by Gasteiger charge is -2.44. The molecule has 4 heterocycles. The van der Waals surface area contributed by atoms with E-state index in [1.54, 1.807) is 23.6 Å². The number of carbonyl (C=O) groups is 1. The van der Waals surface area contributed by atoms with Crippen LogP contribution in [0.1, 0.15) is 30.9 Å². The molecule has 0 bridgehead atoms. The Labute approximate surface area is 278 Å². The molecule has 6 rings (SSSR count). The molecule has 16 heteroatoms. The summed E-state index contributed by atoms with van der Waals surface area (Å²) in [7, 11) is 0. The number of anilines is 1. The Bertz CT molecular complexity index is 2020. The van der Waals surface area contributed by atoms with Crippen molar-refractivity contribution in [3.8, 4) is 11.1 Å². The Morgan fingerprint density at radius 2 is 1.65 bits per heavy atom. The van der Waals surface area contributed by atoms with Gasteiger partial charge in [0.05, 0.1) is 28.5 Å². The third-order valence-electron chi connectivity index (χ3n) is 8.56. The molecule has 2 aliphatic heterocycles. The highest BCUT2D eigenvalue weighted by Gasteiger charge is 2.41. The minimum absolute atomic E-state index is 0.0827. The Balaban J connectivity index is 1.68. The minimum Gasteiger partial charge on any atom is -0.352 e. The van der Waals surface area contributed by atoms with Crippen molar-refractivity contribution < 1.29 is 35.5 Å². The number of alkyl halides is 3. The molecule has 0 saturated carbocycles. The normalized spacial score (nSPS) is 19.8. The molecular formula is C32H25ClF7N5O2S. The van der Waals surface area contributed by atoms with Crippen LogP contribution in [0.25, 0.3) is 22.0 Å². The lowest BCUT2D eigenvalue weighted by atomic mass is 9.95. The third-order valence-corrected chi connectivity index (χ3v) is 10.1. The van der Waals surface area contributed by atoms with Gasteiger partial charge >= 0.3 is 11.9 Å². The van der Waals surface area contributed by atoms with Gasteiger partial charge in [-0.2, -0.15) is 18.2 Å². The van der Waals surface area contributed by atoms with E-state index in [0.29, 0.717) is 6.07 Å². The summed E-state index contributed by atoms with van der Waals surface area (Å²) in [6, 6.07) is 0.893. The van der Waals surface area contributed by atoms with E-state index in [1.165, 1.54) is 0 Å². The fourth-order valence-corrected chi connectivity index (χ4v) is 8.15. The highest BCUT2D eigenvalue weighted by Crippen LogP contribution is 2.50. The van der Waals surface area contributed by atoms with Crippen LogP contribution < -0.4 is 10.6 Å². The van der Waals surface area contributed by atoms with Gasteiger partial charge in [-0.25, -0.2) is 22.4 Å². The van der Waals surface area contributed by atoms with Gasteiger partial charge in [0.1, 0.15) is 29.1 Å². The van der Waals surface area contributed by atoms with Crippen LogP contribution in [0.4, 0.5) is 36.6 Å². The molecule has 0 unspecified atom stereocenters. The molecule has 2 aliphatic rings. The first-order chi connectivity index (χ1) is 22.6. The van der Waals surface area contributed by atoms with Crippen molar-refractivity contribution in [2.24, 2.45) is 0 Å². The van der Waals surface area contributed by atoms with E-state index in [1.807, 2.05) is 0 Å². The number of thioether (sulfide) groups is 1. The summed E-state index contributed by atoms with van der Waals surface area (Å²) < 4.78 is 106. The SMILES string of the molecule is C=CC(=O)N1[C@H](C)CN(c2nc(=O)n3c4c(c(-c5cc(Cl)c(F)cc5F)c(C(F)(F)F)cc24)SC[C@@H](c2c(F)cncc2F)C3)C[C@@H]1C. The molecule has 1 fully saturated rings. The standard InChI is InChI=1S/C32H25ClF7N5O2S/c1-4-25(46)45-14(2)10-43(11-15(45)3)30-18-5-19(32(38,39)40)27(17-6-20(33)22(35)7-21(17)34)29-28(18)44(31(47)42-30)12-16(13-48-29)26-23(36)8-41-9-24(26)37/h4-9,14-16H,1,10-13H2,2-3H3/t14-,15+,16-/m0/s1. The van der Waals surface area contributed by atoms with Crippen LogP contribution in [0.3, 0.4) is 0 Å². The minimum atomic E-state index is -5.11. The quantitative estimate of drug-likeness (QED) is 0.127. The molecule has 48 heavy (non-hydrogen) atoms. The summed E-state index contributed by atoms with van der Waals surface area (Å²) >= 11 is 6.67. The van der Waals surface area contributed by atoms with Gasteiger partial charge in [-0.15, -0.1) is 11.8 Å². The molecule has 4 aromatic rings.